The zero-order valence-electron chi connectivity index (χ0n) is 13.2. The van der Waals surface area contributed by atoms with Gasteiger partial charge in [0, 0.05) is 6.20 Å². The molecule has 0 saturated carbocycles. The first-order valence-corrected chi connectivity index (χ1v) is 7.58. The Kier molecular flexibility index (Phi) is 4.97. The monoisotopic (exact) mass is 360 g/mol. The number of carbonyl (C=O) groups is 1. The highest BCUT2D eigenvalue weighted by Crippen LogP contribution is 2.23. The van der Waals surface area contributed by atoms with E-state index < -0.39 is 40.8 Å². The zero-order chi connectivity index (χ0) is 18.7. The summed E-state index contributed by atoms with van der Waals surface area (Å²) in [6.45, 7) is 0. The lowest BCUT2D eigenvalue weighted by Gasteiger charge is -2.19. The van der Waals surface area contributed by atoms with E-state index in [0.717, 1.165) is 0 Å². The average Bonchev–Trinajstić information content (AvgIpc) is 2.68. The number of hydrogen-bond acceptors (Lipinski definition) is 2. The van der Waals surface area contributed by atoms with E-state index in [1.807, 2.05) is 0 Å². The van der Waals surface area contributed by atoms with Gasteiger partial charge in [0.05, 0.1) is 17.3 Å². The number of amides is 1. The minimum atomic E-state index is -2.04. The van der Waals surface area contributed by atoms with Crippen LogP contribution in [0.4, 0.5) is 17.6 Å². The molecule has 0 saturated heterocycles. The molecular weight excluding hydrogens is 348 g/mol. The molecule has 0 aliphatic rings. The predicted molar refractivity (Wildman–Crippen MR) is 86.3 cm³/mol. The minimum Gasteiger partial charge on any atom is -0.339 e. The molecule has 0 aliphatic carbocycles. The molecule has 1 heterocycles. The van der Waals surface area contributed by atoms with Crippen molar-refractivity contribution in [2.45, 2.75) is 6.04 Å². The lowest BCUT2D eigenvalue weighted by atomic mass is 10.0. The van der Waals surface area contributed by atoms with Crippen molar-refractivity contribution < 1.29 is 22.4 Å². The van der Waals surface area contributed by atoms with Gasteiger partial charge in [-0.15, -0.1) is 0 Å². The third-order valence-electron chi connectivity index (χ3n) is 3.74. The number of rotatable bonds is 4. The number of benzene rings is 2. The molecule has 3 nitrogen and oxygen atoms in total. The number of carbonyl (C=O) groups excluding carboxylic acids is 1. The van der Waals surface area contributed by atoms with Crippen LogP contribution >= 0.6 is 0 Å². The van der Waals surface area contributed by atoms with Crippen molar-refractivity contribution >= 4 is 5.91 Å². The molecule has 1 atom stereocenters. The van der Waals surface area contributed by atoms with Crippen LogP contribution < -0.4 is 5.32 Å². The van der Waals surface area contributed by atoms with Crippen LogP contribution in [0.2, 0.25) is 0 Å². The van der Waals surface area contributed by atoms with E-state index in [1.54, 1.807) is 48.5 Å². The molecule has 0 aliphatic heterocycles. The van der Waals surface area contributed by atoms with Crippen molar-refractivity contribution in [1.29, 1.82) is 0 Å². The maximum absolute atomic E-state index is 13.9. The van der Waals surface area contributed by atoms with Crippen LogP contribution in [0, 0.1) is 23.3 Å². The molecule has 132 valence electrons. The topological polar surface area (TPSA) is 42.0 Å². The summed E-state index contributed by atoms with van der Waals surface area (Å²) in [7, 11) is 0. The number of nitrogens with one attached hydrogen (secondary N) is 1. The van der Waals surface area contributed by atoms with Gasteiger partial charge in [0.2, 0.25) is 0 Å². The van der Waals surface area contributed by atoms with Crippen LogP contribution in [0.1, 0.15) is 27.7 Å². The quantitative estimate of drug-likeness (QED) is 0.431. The van der Waals surface area contributed by atoms with Crippen LogP contribution in [-0.2, 0) is 0 Å². The molecule has 0 fully saturated rings. The van der Waals surface area contributed by atoms with Crippen molar-refractivity contribution in [2.75, 3.05) is 0 Å². The van der Waals surface area contributed by atoms with E-state index in [-0.39, 0.29) is 0 Å². The fourth-order valence-corrected chi connectivity index (χ4v) is 2.47. The summed E-state index contributed by atoms with van der Waals surface area (Å²) in [5.41, 5.74) is 0.136. The molecule has 3 aromatic rings. The van der Waals surface area contributed by atoms with E-state index in [9.17, 15) is 22.4 Å². The standard InChI is InChI=1S/C19H12F4N2O/c20-13-10-12(15(21)17(23)16(13)22)19(26)25-18(11-6-2-1-3-7-11)14-8-4-5-9-24-14/h1-10,18H,(H,25,26). The van der Waals surface area contributed by atoms with Gasteiger partial charge in [0.15, 0.2) is 23.3 Å². The molecule has 3 rings (SSSR count). The van der Waals surface area contributed by atoms with Crippen LogP contribution in [0.3, 0.4) is 0 Å². The largest absolute Gasteiger partial charge is 0.339 e. The van der Waals surface area contributed by atoms with E-state index in [0.29, 0.717) is 17.3 Å². The van der Waals surface area contributed by atoms with E-state index in [1.165, 1.54) is 6.20 Å². The zero-order valence-corrected chi connectivity index (χ0v) is 13.2. The second-order valence-corrected chi connectivity index (χ2v) is 5.42. The fraction of sp³-hybridized carbons (Fsp3) is 0.0526. The van der Waals surface area contributed by atoms with Crippen molar-refractivity contribution in [3.63, 3.8) is 0 Å². The van der Waals surface area contributed by atoms with Crippen molar-refractivity contribution in [1.82, 2.24) is 10.3 Å². The third-order valence-corrected chi connectivity index (χ3v) is 3.74. The molecule has 7 heteroatoms. The van der Waals surface area contributed by atoms with Gasteiger partial charge in [-0.05, 0) is 23.8 Å². The van der Waals surface area contributed by atoms with Gasteiger partial charge in [0.25, 0.3) is 5.91 Å². The van der Waals surface area contributed by atoms with E-state index in [4.69, 9.17) is 0 Å². The summed E-state index contributed by atoms with van der Waals surface area (Å²) in [6.07, 6.45) is 1.51. The Morgan fingerprint density at radius 2 is 1.58 bits per heavy atom. The van der Waals surface area contributed by atoms with Gasteiger partial charge in [-0.3, -0.25) is 9.78 Å². The van der Waals surface area contributed by atoms with Crippen LogP contribution in [-0.4, -0.2) is 10.9 Å². The van der Waals surface area contributed by atoms with Gasteiger partial charge in [-0.25, -0.2) is 17.6 Å². The summed E-state index contributed by atoms with van der Waals surface area (Å²) in [5, 5.41) is 2.48. The first-order valence-electron chi connectivity index (χ1n) is 7.58. The molecule has 0 bridgehead atoms. The number of hydrogen-bond donors (Lipinski definition) is 1. The third kappa shape index (κ3) is 3.42. The van der Waals surface area contributed by atoms with Gasteiger partial charge < -0.3 is 5.32 Å². The molecule has 1 aromatic heterocycles. The molecule has 1 N–H and O–H groups in total. The Bertz CT molecular complexity index is 894. The van der Waals surface area contributed by atoms with Crippen molar-refractivity contribution in [2.24, 2.45) is 0 Å². The van der Waals surface area contributed by atoms with Gasteiger partial charge in [0.1, 0.15) is 0 Å². The highest BCUT2D eigenvalue weighted by atomic mass is 19.2. The first kappa shape index (κ1) is 17.6. The highest BCUT2D eigenvalue weighted by molar-refractivity contribution is 5.95. The molecular formula is C19H12F4N2O. The normalized spacial score (nSPS) is 11.8. The number of aromatic nitrogens is 1. The smallest absolute Gasteiger partial charge is 0.255 e. The second kappa shape index (κ2) is 7.35. The Morgan fingerprint density at radius 1 is 0.885 bits per heavy atom. The highest BCUT2D eigenvalue weighted by Gasteiger charge is 2.25. The van der Waals surface area contributed by atoms with E-state index in [2.05, 4.69) is 10.3 Å². The lowest BCUT2D eigenvalue weighted by Crippen LogP contribution is -2.31. The second-order valence-electron chi connectivity index (χ2n) is 5.42. The SMILES string of the molecule is O=C(NC(c1ccccc1)c1ccccn1)c1cc(F)c(F)c(F)c1F. The molecule has 0 spiro atoms. The molecule has 1 amide bonds. The fourth-order valence-electron chi connectivity index (χ4n) is 2.47. The minimum absolute atomic E-state index is 0.323. The van der Waals surface area contributed by atoms with Gasteiger partial charge in [-0.2, -0.15) is 0 Å². The Balaban J connectivity index is 1.99. The maximum atomic E-state index is 13.9. The van der Waals surface area contributed by atoms with E-state index >= 15 is 0 Å². The predicted octanol–water partition coefficient (Wildman–Crippen LogP) is 4.16. The van der Waals surface area contributed by atoms with Gasteiger partial charge in [-0.1, -0.05) is 36.4 Å². The number of halogens is 4. The first-order chi connectivity index (χ1) is 12.5. The number of pyridine rings is 1. The summed E-state index contributed by atoms with van der Waals surface area (Å²) in [6, 6.07) is 13.2. The van der Waals surface area contributed by atoms with Crippen LogP contribution in [0.5, 0.6) is 0 Å². The Hall–Kier alpha value is -3.22. The molecule has 1 unspecified atom stereocenters. The van der Waals surface area contributed by atoms with Crippen molar-refractivity contribution in [3.8, 4) is 0 Å². The number of nitrogens with zero attached hydrogens (tertiary/aromatic N) is 1. The molecule has 2 aromatic carbocycles. The van der Waals surface area contributed by atoms with Crippen LogP contribution in [0.25, 0.3) is 0 Å². The Labute approximate surface area is 146 Å². The Morgan fingerprint density at radius 3 is 2.23 bits per heavy atom. The summed E-state index contributed by atoms with van der Waals surface area (Å²) in [5.74, 6) is -8.51. The summed E-state index contributed by atoms with van der Waals surface area (Å²) >= 11 is 0. The summed E-state index contributed by atoms with van der Waals surface area (Å²) in [4.78, 5) is 16.6. The maximum Gasteiger partial charge on any atom is 0.255 e. The van der Waals surface area contributed by atoms with Gasteiger partial charge >= 0.3 is 0 Å². The molecule has 0 radical (unpaired) electrons. The summed E-state index contributed by atoms with van der Waals surface area (Å²) < 4.78 is 53.8. The average molecular weight is 360 g/mol. The van der Waals surface area contributed by atoms with Crippen LogP contribution in [0.15, 0.2) is 60.8 Å². The lowest BCUT2D eigenvalue weighted by molar-refractivity contribution is 0.0936. The molecule has 26 heavy (non-hydrogen) atoms. The van der Waals surface area contributed by atoms with Crippen molar-refractivity contribution in [3.05, 3.63) is 101 Å².